The topological polar surface area (TPSA) is 40.5 Å². The molecule has 3 nitrogen and oxygen atoms in total. The minimum Gasteiger partial charge on any atom is -0.396 e. The predicted molar refractivity (Wildman–Crippen MR) is 120 cm³/mol. The van der Waals surface area contributed by atoms with E-state index in [2.05, 4.69) is 43.3 Å². The maximum absolute atomic E-state index is 12.3. The van der Waals surface area contributed by atoms with Crippen LogP contribution in [-0.4, -0.2) is 36.5 Å². The Morgan fingerprint density at radius 2 is 1.29 bits per heavy atom. The van der Waals surface area contributed by atoms with E-state index in [1.54, 1.807) is 0 Å². The number of rotatable bonds is 12. The van der Waals surface area contributed by atoms with E-state index in [9.17, 15) is 4.79 Å². The highest BCUT2D eigenvalue weighted by Crippen LogP contribution is 2.21. The molecule has 0 saturated carbocycles. The van der Waals surface area contributed by atoms with E-state index >= 15 is 0 Å². The second-order valence-electron chi connectivity index (χ2n) is 7.53. The van der Waals surface area contributed by atoms with Crippen molar-refractivity contribution < 1.29 is 9.90 Å². The Morgan fingerprint density at radius 3 is 1.82 bits per heavy atom. The van der Waals surface area contributed by atoms with Gasteiger partial charge in [0.25, 0.3) is 0 Å². The zero-order chi connectivity index (χ0) is 19.5. The Labute approximate surface area is 176 Å². The van der Waals surface area contributed by atoms with Gasteiger partial charge in [-0.3, -0.25) is 4.79 Å². The van der Waals surface area contributed by atoms with Crippen molar-refractivity contribution in [3.8, 4) is 11.1 Å². The number of aliphatic hydroxyl groups is 1. The molecule has 0 aliphatic heterocycles. The third-order valence-corrected chi connectivity index (χ3v) is 4.80. The lowest BCUT2D eigenvalue weighted by Crippen LogP contribution is -2.10. The van der Waals surface area contributed by atoms with Crippen LogP contribution in [0.4, 0.5) is 0 Å². The zero-order valence-electron chi connectivity index (χ0n) is 17.2. The lowest BCUT2D eigenvalue weighted by molar-refractivity contribution is 0.0979. The summed E-state index contributed by atoms with van der Waals surface area (Å²) in [5.74, 6) is 0.234. The molecular formula is C24H34ClNO2. The molecule has 0 heterocycles. The van der Waals surface area contributed by atoms with E-state index in [4.69, 9.17) is 5.11 Å². The van der Waals surface area contributed by atoms with Crippen LogP contribution in [0, 0.1) is 0 Å². The first-order valence-electron chi connectivity index (χ1n) is 10.1. The van der Waals surface area contributed by atoms with Gasteiger partial charge in [-0.25, -0.2) is 0 Å². The van der Waals surface area contributed by atoms with E-state index < -0.39 is 0 Å². The number of aliphatic hydroxyl groups excluding tert-OH is 1. The number of hydrogen-bond donors (Lipinski definition) is 1. The summed E-state index contributed by atoms with van der Waals surface area (Å²) < 4.78 is 0. The highest BCUT2D eigenvalue weighted by atomic mass is 35.5. The Kier molecular flexibility index (Phi) is 11.7. The smallest absolute Gasteiger partial charge is 0.162 e. The van der Waals surface area contributed by atoms with Gasteiger partial charge in [0.1, 0.15) is 0 Å². The van der Waals surface area contributed by atoms with Crippen molar-refractivity contribution in [3.05, 3.63) is 59.7 Å². The van der Waals surface area contributed by atoms with Gasteiger partial charge in [-0.05, 0) is 43.6 Å². The summed E-state index contributed by atoms with van der Waals surface area (Å²) in [5, 5.41) is 8.76. The second-order valence-corrected chi connectivity index (χ2v) is 7.53. The zero-order valence-corrected chi connectivity index (χ0v) is 18.0. The summed E-state index contributed by atoms with van der Waals surface area (Å²) in [4.78, 5) is 14.5. The van der Waals surface area contributed by atoms with Crippen molar-refractivity contribution in [1.29, 1.82) is 0 Å². The van der Waals surface area contributed by atoms with Crippen molar-refractivity contribution >= 4 is 18.2 Å². The van der Waals surface area contributed by atoms with Gasteiger partial charge in [-0.1, -0.05) is 74.2 Å². The van der Waals surface area contributed by atoms with Crippen molar-refractivity contribution in [2.45, 2.75) is 51.5 Å². The lowest BCUT2D eigenvalue weighted by atomic mass is 9.99. The summed E-state index contributed by atoms with van der Waals surface area (Å²) in [6, 6.07) is 16.6. The number of benzene rings is 2. The fourth-order valence-electron chi connectivity index (χ4n) is 3.27. The van der Waals surface area contributed by atoms with Crippen LogP contribution >= 0.6 is 12.4 Å². The first kappa shape index (κ1) is 24.4. The molecular weight excluding hydrogens is 370 g/mol. The maximum atomic E-state index is 12.3. The molecule has 1 N–H and O–H groups in total. The van der Waals surface area contributed by atoms with Crippen LogP contribution in [0.3, 0.4) is 0 Å². The van der Waals surface area contributed by atoms with Crippen LogP contribution in [0.2, 0.25) is 0 Å². The Balaban J connectivity index is 0.00000392. The molecule has 0 aliphatic rings. The lowest BCUT2D eigenvalue weighted by Gasteiger charge is -2.10. The molecule has 2 rings (SSSR count). The molecule has 0 aliphatic carbocycles. The van der Waals surface area contributed by atoms with Gasteiger partial charge in [0, 0.05) is 25.1 Å². The molecule has 0 atom stereocenters. The van der Waals surface area contributed by atoms with Crippen molar-refractivity contribution in [1.82, 2.24) is 4.90 Å². The van der Waals surface area contributed by atoms with Crippen LogP contribution in [0.25, 0.3) is 11.1 Å². The molecule has 0 radical (unpaired) electrons. The van der Waals surface area contributed by atoms with Gasteiger partial charge in [0.15, 0.2) is 5.78 Å². The van der Waals surface area contributed by atoms with Gasteiger partial charge in [-0.15, -0.1) is 12.4 Å². The van der Waals surface area contributed by atoms with Crippen molar-refractivity contribution in [3.63, 3.8) is 0 Å². The Morgan fingerprint density at radius 1 is 0.786 bits per heavy atom. The fraction of sp³-hybridized carbons (Fsp3) is 0.458. The number of halogens is 1. The van der Waals surface area contributed by atoms with Crippen LogP contribution in [0.1, 0.15) is 60.9 Å². The highest BCUT2D eigenvalue weighted by Gasteiger charge is 2.06. The Hall–Kier alpha value is -1.68. The van der Waals surface area contributed by atoms with Gasteiger partial charge in [0.05, 0.1) is 0 Å². The van der Waals surface area contributed by atoms with Gasteiger partial charge in [0.2, 0.25) is 0 Å². The second kappa shape index (κ2) is 13.5. The van der Waals surface area contributed by atoms with Crippen LogP contribution in [0.15, 0.2) is 48.5 Å². The monoisotopic (exact) mass is 403 g/mol. The Bertz CT molecular complexity index is 681. The number of hydrogen-bond acceptors (Lipinski definition) is 3. The molecule has 28 heavy (non-hydrogen) atoms. The minimum atomic E-state index is 0. The quantitative estimate of drug-likeness (QED) is 0.362. The van der Waals surface area contributed by atoms with E-state index in [1.165, 1.54) is 11.1 Å². The number of unbranched alkanes of at least 4 members (excludes halogenated alkanes) is 5. The summed E-state index contributed by atoms with van der Waals surface area (Å²) in [5.41, 5.74) is 4.43. The molecule has 2 aromatic rings. The average molecular weight is 404 g/mol. The van der Waals surface area contributed by atoms with E-state index in [0.717, 1.165) is 56.2 Å². The molecule has 2 aromatic carbocycles. The molecule has 0 fully saturated rings. The standard InChI is InChI=1S/C24H33NO2.ClH/c1-25(2)19-20-10-12-21(13-11-20)22-14-16-23(17-15-22)24(27)9-7-5-3-4-6-8-18-26;/h10-17,26H,3-9,18-19H2,1-2H3;1H. The first-order valence-corrected chi connectivity index (χ1v) is 10.1. The van der Waals surface area contributed by atoms with Crippen molar-refractivity contribution in [2.24, 2.45) is 0 Å². The van der Waals surface area contributed by atoms with Gasteiger partial charge >= 0.3 is 0 Å². The SMILES string of the molecule is CN(C)Cc1ccc(-c2ccc(C(=O)CCCCCCCCO)cc2)cc1.Cl. The molecule has 154 valence electrons. The molecule has 0 spiro atoms. The summed E-state index contributed by atoms with van der Waals surface area (Å²) in [6.45, 7) is 1.23. The minimum absolute atomic E-state index is 0. The molecule has 4 heteroatoms. The summed E-state index contributed by atoms with van der Waals surface area (Å²) >= 11 is 0. The van der Waals surface area contributed by atoms with Crippen LogP contribution < -0.4 is 0 Å². The molecule has 0 aromatic heterocycles. The number of carbonyl (C=O) groups excluding carboxylic acids is 1. The van der Waals surface area contributed by atoms with Gasteiger partial charge in [-0.2, -0.15) is 0 Å². The van der Waals surface area contributed by atoms with E-state index in [1.807, 2.05) is 24.3 Å². The third-order valence-electron chi connectivity index (χ3n) is 4.80. The van der Waals surface area contributed by atoms with Gasteiger partial charge < -0.3 is 10.0 Å². The summed E-state index contributed by atoms with van der Waals surface area (Å²) in [7, 11) is 4.14. The number of ketones is 1. The molecule has 0 saturated heterocycles. The molecule has 0 bridgehead atoms. The summed E-state index contributed by atoms with van der Waals surface area (Å²) in [6.07, 6.45) is 6.94. The largest absolute Gasteiger partial charge is 0.396 e. The molecule has 0 unspecified atom stereocenters. The fourth-order valence-corrected chi connectivity index (χ4v) is 3.27. The first-order chi connectivity index (χ1) is 13.1. The van der Waals surface area contributed by atoms with E-state index in [0.29, 0.717) is 6.42 Å². The third kappa shape index (κ3) is 8.55. The number of nitrogens with zero attached hydrogens (tertiary/aromatic N) is 1. The highest BCUT2D eigenvalue weighted by molar-refractivity contribution is 5.96. The van der Waals surface area contributed by atoms with E-state index in [-0.39, 0.29) is 24.8 Å². The maximum Gasteiger partial charge on any atom is 0.162 e. The van der Waals surface area contributed by atoms with Crippen LogP contribution in [0.5, 0.6) is 0 Å². The normalized spacial score (nSPS) is 10.7. The number of carbonyl (C=O) groups is 1. The van der Waals surface area contributed by atoms with Crippen molar-refractivity contribution in [2.75, 3.05) is 20.7 Å². The predicted octanol–water partition coefficient (Wildman–Crippen LogP) is 5.74. The average Bonchev–Trinajstić information content (AvgIpc) is 2.67. The van der Waals surface area contributed by atoms with Crippen LogP contribution in [-0.2, 0) is 6.54 Å². The number of Topliss-reactive ketones (excluding diaryl/α,β-unsaturated/α-hetero) is 1. The molecule has 0 amide bonds.